The van der Waals surface area contributed by atoms with Crippen molar-refractivity contribution >= 4 is 11.6 Å². The van der Waals surface area contributed by atoms with Gasteiger partial charge in [0.05, 0.1) is 5.69 Å². The second-order valence-corrected chi connectivity index (χ2v) is 7.36. The minimum Gasteiger partial charge on any atom is -0.378 e. The quantitative estimate of drug-likeness (QED) is 0.412. The lowest BCUT2D eigenvalue weighted by molar-refractivity contribution is 0.628. The zero-order valence-corrected chi connectivity index (χ0v) is 18.7. The average Bonchev–Trinajstić information content (AvgIpc) is 2.85. The lowest BCUT2D eigenvalue weighted by atomic mass is 10.0. The smallest absolute Gasteiger partial charge is 0.223 e. The van der Waals surface area contributed by atoms with Crippen LogP contribution in [0, 0.1) is 5.82 Å². The van der Waals surface area contributed by atoms with Gasteiger partial charge >= 0.3 is 0 Å². The molecule has 0 aliphatic rings. The first kappa shape index (κ1) is 22.9. The molecule has 5 nitrogen and oxygen atoms in total. The summed E-state index contributed by atoms with van der Waals surface area (Å²) < 4.78 is 13.2. The van der Waals surface area contributed by atoms with Crippen LogP contribution in [0.3, 0.4) is 0 Å². The minimum absolute atomic E-state index is 0.263. The van der Waals surface area contributed by atoms with E-state index in [2.05, 4.69) is 44.2 Å². The molecule has 2 aromatic heterocycles. The van der Waals surface area contributed by atoms with E-state index >= 15 is 0 Å². The van der Waals surface area contributed by atoms with Gasteiger partial charge in [-0.1, -0.05) is 37.3 Å². The van der Waals surface area contributed by atoms with Crippen LogP contribution in [0.25, 0.3) is 22.4 Å². The number of rotatable bonds is 6. The lowest BCUT2D eigenvalue weighted by Gasteiger charge is -2.11. The van der Waals surface area contributed by atoms with Crippen LogP contribution in [0.1, 0.15) is 13.3 Å². The van der Waals surface area contributed by atoms with E-state index in [1.165, 1.54) is 17.8 Å². The van der Waals surface area contributed by atoms with E-state index in [9.17, 15) is 4.39 Å². The van der Waals surface area contributed by atoms with Crippen LogP contribution in [0.5, 0.6) is 0 Å². The molecule has 0 radical (unpaired) electrons. The molecule has 0 bridgehead atoms. The van der Waals surface area contributed by atoms with Crippen molar-refractivity contribution in [1.82, 2.24) is 15.0 Å². The summed E-state index contributed by atoms with van der Waals surface area (Å²) in [6.45, 7) is 2.90. The third kappa shape index (κ3) is 6.35. The SMILES string of the molecule is CCCNc1ncc(-c2ccc(F)cc2)c(-c2ccncc2)n1.CN(C)c1ccccc1. The van der Waals surface area contributed by atoms with E-state index in [4.69, 9.17) is 0 Å². The first-order valence-corrected chi connectivity index (χ1v) is 10.6. The summed E-state index contributed by atoms with van der Waals surface area (Å²) in [4.78, 5) is 15.1. The summed E-state index contributed by atoms with van der Waals surface area (Å²) in [5.41, 5.74) is 4.73. The van der Waals surface area contributed by atoms with Crippen molar-refractivity contribution in [2.24, 2.45) is 0 Å². The van der Waals surface area contributed by atoms with Gasteiger partial charge in [-0.2, -0.15) is 0 Å². The van der Waals surface area contributed by atoms with Crippen LogP contribution in [0.15, 0.2) is 85.3 Å². The number of anilines is 2. The molecule has 32 heavy (non-hydrogen) atoms. The fourth-order valence-electron chi connectivity index (χ4n) is 3.00. The summed E-state index contributed by atoms with van der Waals surface area (Å²) in [6.07, 6.45) is 6.22. The number of hydrogen-bond donors (Lipinski definition) is 1. The van der Waals surface area contributed by atoms with E-state index in [1.807, 2.05) is 44.4 Å². The minimum atomic E-state index is -0.263. The maximum Gasteiger partial charge on any atom is 0.223 e. The second-order valence-electron chi connectivity index (χ2n) is 7.36. The highest BCUT2D eigenvalue weighted by molar-refractivity contribution is 5.80. The van der Waals surface area contributed by atoms with Gasteiger partial charge in [-0.15, -0.1) is 0 Å². The number of nitrogens with zero attached hydrogens (tertiary/aromatic N) is 4. The van der Waals surface area contributed by atoms with E-state index in [0.29, 0.717) is 5.95 Å². The van der Waals surface area contributed by atoms with Crippen molar-refractivity contribution in [3.8, 4) is 22.4 Å². The average molecular weight is 430 g/mol. The number of aromatic nitrogens is 3. The molecule has 0 unspecified atom stereocenters. The van der Waals surface area contributed by atoms with Gasteiger partial charge in [-0.05, 0) is 48.4 Å². The van der Waals surface area contributed by atoms with Gasteiger partial charge in [0.25, 0.3) is 0 Å². The van der Waals surface area contributed by atoms with Crippen molar-refractivity contribution in [2.75, 3.05) is 30.9 Å². The highest BCUT2D eigenvalue weighted by Gasteiger charge is 2.11. The Bertz CT molecular complexity index is 1080. The summed E-state index contributed by atoms with van der Waals surface area (Å²) >= 11 is 0. The Morgan fingerprint density at radius 1 is 0.875 bits per heavy atom. The van der Waals surface area contributed by atoms with Gasteiger partial charge in [-0.25, -0.2) is 14.4 Å². The topological polar surface area (TPSA) is 53.9 Å². The molecule has 6 heteroatoms. The summed E-state index contributed by atoms with van der Waals surface area (Å²) in [7, 11) is 4.07. The molecule has 0 saturated heterocycles. The van der Waals surface area contributed by atoms with Gasteiger partial charge < -0.3 is 10.2 Å². The number of benzene rings is 2. The molecule has 0 aliphatic carbocycles. The van der Waals surface area contributed by atoms with Gasteiger partial charge in [0.15, 0.2) is 0 Å². The van der Waals surface area contributed by atoms with Crippen molar-refractivity contribution < 1.29 is 4.39 Å². The van der Waals surface area contributed by atoms with E-state index in [0.717, 1.165) is 35.3 Å². The molecule has 2 heterocycles. The van der Waals surface area contributed by atoms with E-state index in [-0.39, 0.29) is 5.82 Å². The number of para-hydroxylation sites is 1. The van der Waals surface area contributed by atoms with Crippen LogP contribution in [-0.4, -0.2) is 35.6 Å². The van der Waals surface area contributed by atoms with E-state index < -0.39 is 0 Å². The molecule has 2 aromatic carbocycles. The van der Waals surface area contributed by atoms with Crippen molar-refractivity contribution in [2.45, 2.75) is 13.3 Å². The maximum absolute atomic E-state index is 13.2. The van der Waals surface area contributed by atoms with Gasteiger partial charge in [-0.3, -0.25) is 4.98 Å². The van der Waals surface area contributed by atoms with Crippen LogP contribution in [0.4, 0.5) is 16.0 Å². The lowest BCUT2D eigenvalue weighted by Crippen LogP contribution is -2.07. The fraction of sp³-hybridized carbons (Fsp3) is 0.192. The monoisotopic (exact) mass is 429 g/mol. The Kier molecular flexibility index (Phi) is 8.26. The Morgan fingerprint density at radius 3 is 2.16 bits per heavy atom. The van der Waals surface area contributed by atoms with Gasteiger partial charge in [0, 0.05) is 56.0 Å². The fourth-order valence-corrected chi connectivity index (χ4v) is 3.00. The standard InChI is InChI=1S/C18H17FN4.C8H11N/c1-2-9-21-18-22-12-16(13-3-5-15(19)6-4-13)17(23-18)14-7-10-20-11-8-14;1-9(2)8-6-4-3-5-7-8/h3-8,10-12H,2,9H2,1H3,(H,21,22,23);3-7H,1-2H3. The maximum atomic E-state index is 13.2. The molecule has 0 aliphatic heterocycles. The highest BCUT2D eigenvalue weighted by atomic mass is 19.1. The number of pyridine rings is 1. The Hall–Kier alpha value is -3.80. The first-order valence-electron chi connectivity index (χ1n) is 10.6. The number of halogens is 1. The molecule has 0 spiro atoms. The summed E-state index contributed by atoms with van der Waals surface area (Å²) in [5, 5.41) is 3.19. The third-order valence-corrected chi connectivity index (χ3v) is 4.70. The largest absolute Gasteiger partial charge is 0.378 e. The van der Waals surface area contributed by atoms with E-state index in [1.54, 1.807) is 30.7 Å². The predicted octanol–water partition coefficient (Wildman–Crippen LogP) is 5.92. The molecule has 0 amide bonds. The molecule has 0 fully saturated rings. The zero-order chi connectivity index (χ0) is 22.8. The number of nitrogens with one attached hydrogen (secondary N) is 1. The molecule has 4 aromatic rings. The highest BCUT2D eigenvalue weighted by Crippen LogP contribution is 2.30. The van der Waals surface area contributed by atoms with Crippen LogP contribution >= 0.6 is 0 Å². The van der Waals surface area contributed by atoms with Gasteiger partial charge in [0.1, 0.15) is 5.82 Å². The van der Waals surface area contributed by atoms with Crippen molar-refractivity contribution in [1.29, 1.82) is 0 Å². The molecular weight excluding hydrogens is 401 g/mol. The Labute approximate surface area is 189 Å². The predicted molar refractivity (Wildman–Crippen MR) is 130 cm³/mol. The van der Waals surface area contributed by atoms with Crippen molar-refractivity contribution in [3.05, 3.63) is 91.1 Å². The molecule has 1 N–H and O–H groups in total. The normalized spacial score (nSPS) is 10.1. The van der Waals surface area contributed by atoms with Crippen LogP contribution < -0.4 is 10.2 Å². The van der Waals surface area contributed by atoms with Crippen molar-refractivity contribution in [3.63, 3.8) is 0 Å². The Morgan fingerprint density at radius 2 is 1.56 bits per heavy atom. The van der Waals surface area contributed by atoms with Gasteiger partial charge in [0.2, 0.25) is 5.95 Å². The first-order chi connectivity index (χ1) is 15.6. The summed E-state index contributed by atoms with van der Waals surface area (Å²) in [6, 6.07) is 20.4. The summed E-state index contributed by atoms with van der Waals surface area (Å²) in [5.74, 6) is 0.325. The Balaban J connectivity index is 0.000000269. The van der Waals surface area contributed by atoms with Crippen LogP contribution in [0.2, 0.25) is 0 Å². The third-order valence-electron chi connectivity index (χ3n) is 4.70. The number of hydrogen-bond acceptors (Lipinski definition) is 5. The molecule has 0 saturated carbocycles. The zero-order valence-electron chi connectivity index (χ0n) is 18.7. The molecule has 164 valence electrons. The second kappa shape index (κ2) is 11.6. The molecule has 4 rings (SSSR count). The molecular formula is C26H28FN5. The molecule has 0 atom stereocenters. The van der Waals surface area contributed by atoms with Crippen LogP contribution in [-0.2, 0) is 0 Å².